The fourth-order valence-corrected chi connectivity index (χ4v) is 3.50. The highest BCUT2D eigenvalue weighted by Crippen LogP contribution is 2.20. The Morgan fingerprint density at radius 1 is 1.19 bits per heavy atom. The molecule has 0 unspecified atom stereocenters. The summed E-state index contributed by atoms with van der Waals surface area (Å²) in [6.45, 7) is 4.79. The number of hydrogen-bond acceptors (Lipinski definition) is 7. The number of likely N-dealkylation sites (N-methyl/N-ethyl adjacent to an activating group) is 1. The molecular weight excluding hydrogens is 378 g/mol. The fraction of sp³-hybridized carbons (Fsp3) is 0.500. The maximum absolute atomic E-state index is 12.7. The zero-order chi connectivity index (χ0) is 20.9. The minimum absolute atomic E-state index is 0.191. The van der Waals surface area contributed by atoms with E-state index in [-0.39, 0.29) is 16.5 Å². The number of sulfonamides is 1. The van der Waals surface area contributed by atoms with Crippen LogP contribution in [0.2, 0.25) is 0 Å². The molecule has 0 fully saturated rings. The summed E-state index contributed by atoms with van der Waals surface area (Å²) in [5.74, 6) is -1.57. The first-order valence-electron chi connectivity index (χ1n) is 8.04. The molecule has 0 aliphatic heterocycles. The normalized spacial score (nSPS) is 13.9. The monoisotopic (exact) mass is 401 g/mol. The van der Waals surface area contributed by atoms with E-state index in [0.717, 1.165) is 28.6 Å². The Hall–Kier alpha value is -2.53. The van der Waals surface area contributed by atoms with E-state index in [1.54, 1.807) is 13.8 Å². The number of nitrogens with one attached hydrogen (secondary N) is 1. The maximum Gasteiger partial charge on any atom is 0.328 e. The number of nitro groups is 1. The molecule has 0 bridgehead atoms. The van der Waals surface area contributed by atoms with Crippen molar-refractivity contribution < 1.29 is 27.7 Å². The van der Waals surface area contributed by atoms with E-state index in [4.69, 9.17) is 0 Å². The van der Waals surface area contributed by atoms with E-state index >= 15 is 0 Å². The molecule has 0 saturated carbocycles. The van der Waals surface area contributed by atoms with Crippen LogP contribution < -0.4 is 5.32 Å². The standard InChI is InChI=1S/C16H23N3O7S/c1-10(2)14(16(21)26-5)17-15(20)11(3)18(4)27(24,25)13-8-6-12(7-9-13)19(22)23/h6-11,14H,1-5H3,(H,17,20)/t11-,14+/m1/s1. The average Bonchev–Trinajstić information content (AvgIpc) is 2.63. The van der Waals surface area contributed by atoms with Crippen LogP contribution in [0.25, 0.3) is 0 Å². The third-order valence-electron chi connectivity index (χ3n) is 4.07. The lowest BCUT2D eigenvalue weighted by atomic mass is 10.0. The van der Waals surface area contributed by atoms with Crippen molar-refractivity contribution in [2.45, 2.75) is 37.8 Å². The number of nitrogens with zero attached hydrogens (tertiary/aromatic N) is 2. The third-order valence-corrected chi connectivity index (χ3v) is 6.01. The largest absolute Gasteiger partial charge is 0.467 e. The van der Waals surface area contributed by atoms with Crippen molar-refractivity contribution in [1.82, 2.24) is 9.62 Å². The third kappa shape index (κ3) is 5.23. The molecule has 2 atom stereocenters. The summed E-state index contributed by atoms with van der Waals surface area (Å²) >= 11 is 0. The molecule has 0 radical (unpaired) electrons. The minimum Gasteiger partial charge on any atom is -0.467 e. The van der Waals surface area contributed by atoms with Gasteiger partial charge in [-0.15, -0.1) is 0 Å². The molecule has 27 heavy (non-hydrogen) atoms. The van der Waals surface area contributed by atoms with Crippen LogP contribution >= 0.6 is 0 Å². The number of hydrogen-bond donors (Lipinski definition) is 1. The van der Waals surface area contributed by atoms with Crippen molar-refractivity contribution in [3.63, 3.8) is 0 Å². The summed E-state index contributed by atoms with van der Waals surface area (Å²) in [6.07, 6.45) is 0. The van der Waals surface area contributed by atoms with E-state index in [1.807, 2.05) is 0 Å². The van der Waals surface area contributed by atoms with Crippen LogP contribution in [0.3, 0.4) is 0 Å². The van der Waals surface area contributed by atoms with Gasteiger partial charge in [0.2, 0.25) is 15.9 Å². The molecule has 0 heterocycles. The summed E-state index contributed by atoms with van der Waals surface area (Å²) < 4.78 is 30.8. The molecular formula is C16H23N3O7S. The second-order valence-electron chi connectivity index (χ2n) is 6.20. The Balaban J connectivity index is 3.01. The van der Waals surface area contributed by atoms with E-state index in [0.29, 0.717) is 0 Å². The number of rotatable bonds is 8. The van der Waals surface area contributed by atoms with Gasteiger partial charge in [-0.25, -0.2) is 13.2 Å². The lowest BCUT2D eigenvalue weighted by Crippen LogP contribution is -2.52. The van der Waals surface area contributed by atoms with Crippen molar-refractivity contribution in [1.29, 1.82) is 0 Å². The molecule has 150 valence electrons. The highest BCUT2D eigenvalue weighted by molar-refractivity contribution is 7.89. The molecule has 0 saturated heterocycles. The predicted octanol–water partition coefficient (Wildman–Crippen LogP) is 0.918. The van der Waals surface area contributed by atoms with Gasteiger partial charge >= 0.3 is 5.97 Å². The SMILES string of the molecule is COC(=O)[C@@H](NC(=O)[C@@H](C)N(C)S(=O)(=O)c1ccc([N+](=O)[O-])cc1)C(C)C. The van der Waals surface area contributed by atoms with Crippen LogP contribution in [0.4, 0.5) is 5.69 Å². The zero-order valence-corrected chi connectivity index (χ0v) is 16.5. The topological polar surface area (TPSA) is 136 Å². The maximum atomic E-state index is 12.7. The van der Waals surface area contributed by atoms with Crippen molar-refractivity contribution in [2.75, 3.05) is 14.2 Å². The van der Waals surface area contributed by atoms with Crippen LogP contribution in [0.15, 0.2) is 29.2 Å². The van der Waals surface area contributed by atoms with Crippen LogP contribution in [-0.2, 0) is 24.3 Å². The highest BCUT2D eigenvalue weighted by Gasteiger charge is 2.33. The van der Waals surface area contributed by atoms with Gasteiger partial charge in [0.05, 0.1) is 16.9 Å². The molecule has 0 spiro atoms. The van der Waals surface area contributed by atoms with Gasteiger partial charge in [0.15, 0.2) is 0 Å². The number of nitro benzene ring substituents is 1. The molecule has 1 rings (SSSR count). The van der Waals surface area contributed by atoms with Crippen molar-refractivity contribution >= 4 is 27.6 Å². The first-order chi connectivity index (χ1) is 12.4. The quantitative estimate of drug-likeness (QED) is 0.388. The number of carbonyl (C=O) groups is 2. The van der Waals surface area contributed by atoms with Crippen LogP contribution in [0.1, 0.15) is 20.8 Å². The van der Waals surface area contributed by atoms with Crippen molar-refractivity contribution in [3.8, 4) is 0 Å². The van der Waals surface area contributed by atoms with Crippen LogP contribution in [0, 0.1) is 16.0 Å². The summed E-state index contributed by atoms with van der Waals surface area (Å²) in [6, 6.07) is 2.28. The molecule has 1 amide bonds. The van der Waals surface area contributed by atoms with Crippen molar-refractivity contribution in [2.24, 2.45) is 5.92 Å². The Labute approximate surface area is 157 Å². The van der Waals surface area contributed by atoms with Crippen LogP contribution in [0.5, 0.6) is 0 Å². The minimum atomic E-state index is -4.07. The average molecular weight is 401 g/mol. The molecule has 0 aromatic heterocycles. The lowest BCUT2D eigenvalue weighted by molar-refractivity contribution is -0.384. The van der Waals surface area contributed by atoms with Crippen molar-refractivity contribution in [3.05, 3.63) is 34.4 Å². The number of amides is 1. The van der Waals surface area contributed by atoms with Gasteiger partial charge in [-0.05, 0) is 25.0 Å². The number of ether oxygens (including phenoxy) is 1. The molecule has 0 aliphatic rings. The smallest absolute Gasteiger partial charge is 0.328 e. The Bertz CT molecular complexity index is 806. The van der Waals surface area contributed by atoms with E-state index in [1.165, 1.54) is 21.1 Å². The predicted molar refractivity (Wildman–Crippen MR) is 96.3 cm³/mol. The highest BCUT2D eigenvalue weighted by atomic mass is 32.2. The molecule has 10 nitrogen and oxygen atoms in total. The second kappa shape index (κ2) is 8.91. The van der Waals surface area contributed by atoms with Gasteiger partial charge in [-0.3, -0.25) is 14.9 Å². The molecule has 1 aromatic carbocycles. The van der Waals surface area contributed by atoms with E-state index in [9.17, 15) is 28.1 Å². The molecule has 0 aliphatic carbocycles. The van der Waals surface area contributed by atoms with E-state index < -0.39 is 38.9 Å². The van der Waals surface area contributed by atoms with Gasteiger partial charge in [0.25, 0.3) is 5.69 Å². The van der Waals surface area contributed by atoms with Gasteiger partial charge in [0.1, 0.15) is 12.1 Å². The molecule has 11 heteroatoms. The summed E-state index contributed by atoms with van der Waals surface area (Å²) in [7, 11) is -1.67. The summed E-state index contributed by atoms with van der Waals surface area (Å²) in [5, 5.41) is 13.2. The Morgan fingerprint density at radius 2 is 1.70 bits per heavy atom. The lowest BCUT2D eigenvalue weighted by Gasteiger charge is -2.26. The molecule has 1 N–H and O–H groups in total. The number of methoxy groups -OCH3 is 1. The second-order valence-corrected chi connectivity index (χ2v) is 8.20. The summed E-state index contributed by atoms with van der Waals surface area (Å²) in [5.41, 5.74) is -0.250. The van der Waals surface area contributed by atoms with Gasteiger partial charge in [-0.2, -0.15) is 4.31 Å². The van der Waals surface area contributed by atoms with Gasteiger partial charge in [0, 0.05) is 19.2 Å². The number of esters is 1. The van der Waals surface area contributed by atoms with Gasteiger partial charge in [-0.1, -0.05) is 13.8 Å². The number of non-ortho nitro benzene ring substituents is 1. The van der Waals surface area contributed by atoms with Gasteiger partial charge < -0.3 is 10.1 Å². The first-order valence-corrected chi connectivity index (χ1v) is 9.48. The fourth-order valence-electron chi connectivity index (χ4n) is 2.18. The first kappa shape index (κ1) is 22.5. The van der Waals surface area contributed by atoms with Crippen LogP contribution in [-0.4, -0.2) is 55.8 Å². The van der Waals surface area contributed by atoms with E-state index in [2.05, 4.69) is 10.1 Å². The number of benzene rings is 1. The Morgan fingerprint density at radius 3 is 2.11 bits per heavy atom. The Kier molecular flexibility index (Phi) is 7.43. The summed E-state index contributed by atoms with van der Waals surface area (Å²) in [4.78, 5) is 34.0. The number of carbonyl (C=O) groups excluding carboxylic acids is 2. The zero-order valence-electron chi connectivity index (χ0n) is 15.7. The molecule has 1 aromatic rings.